The Hall–Kier alpha value is -1.46. The van der Waals surface area contributed by atoms with Crippen molar-refractivity contribution in [3.05, 3.63) is 58.1 Å². The van der Waals surface area contributed by atoms with Gasteiger partial charge in [-0.2, -0.15) is 4.39 Å². The van der Waals surface area contributed by atoms with Crippen molar-refractivity contribution in [2.45, 2.75) is 13.0 Å². The lowest BCUT2D eigenvalue weighted by molar-refractivity contribution is 0.195. The van der Waals surface area contributed by atoms with E-state index in [0.29, 0.717) is 10.0 Å². The van der Waals surface area contributed by atoms with E-state index in [0.717, 1.165) is 6.07 Å². The molecule has 0 saturated heterocycles. The summed E-state index contributed by atoms with van der Waals surface area (Å²) in [6.07, 6.45) is -0.767. The van der Waals surface area contributed by atoms with Crippen LogP contribution in [0.15, 0.2) is 40.9 Å². The molecule has 1 atom stereocenters. The van der Waals surface area contributed by atoms with Gasteiger partial charge in [-0.1, -0.05) is 34.1 Å². The van der Waals surface area contributed by atoms with Gasteiger partial charge in [0.15, 0.2) is 11.6 Å². The first-order valence-electron chi connectivity index (χ1n) is 5.58. The van der Waals surface area contributed by atoms with Crippen LogP contribution in [0.1, 0.15) is 18.6 Å². The highest BCUT2D eigenvalue weighted by molar-refractivity contribution is 9.10. The smallest absolute Gasteiger partial charge is 0.201 e. The van der Waals surface area contributed by atoms with E-state index < -0.39 is 17.7 Å². The molecule has 2 aromatic carbocycles. The average molecular weight is 329 g/mol. The van der Waals surface area contributed by atoms with Gasteiger partial charge in [0, 0.05) is 10.0 Å². The Bertz CT molecular complexity index is 600. The number of para-hydroxylation sites is 1. The SMILES string of the molecule is CC(O)c1ccccc1Oc1cc(Br)cc(F)c1F. The lowest BCUT2D eigenvalue weighted by atomic mass is 10.1. The third kappa shape index (κ3) is 3.11. The van der Waals surface area contributed by atoms with Gasteiger partial charge in [0.25, 0.3) is 0 Å². The van der Waals surface area contributed by atoms with Crippen LogP contribution in [0, 0.1) is 11.6 Å². The number of hydrogen-bond donors (Lipinski definition) is 1. The summed E-state index contributed by atoms with van der Waals surface area (Å²) < 4.78 is 32.6. The Labute approximate surface area is 117 Å². The molecule has 0 heterocycles. The average Bonchev–Trinajstić information content (AvgIpc) is 2.35. The predicted octanol–water partition coefficient (Wildman–Crippen LogP) is 4.57. The normalized spacial score (nSPS) is 12.3. The van der Waals surface area contributed by atoms with E-state index in [1.54, 1.807) is 31.2 Å². The number of ether oxygens (including phenoxy) is 1. The van der Waals surface area contributed by atoms with E-state index in [-0.39, 0.29) is 11.5 Å². The Morgan fingerprint density at radius 3 is 2.53 bits per heavy atom. The molecule has 1 unspecified atom stereocenters. The first-order valence-corrected chi connectivity index (χ1v) is 6.37. The molecule has 1 N–H and O–H groups in total. The molecule has 0 saturated carbocycles. The van der Waals surface area contributed by atoms with Gasteiger partial charge in [0.1, 0.15) is 5.75 Å². The second kappa shape index (κ2) is 5.67. The summed E-state index contributed by atoms with van der Waals surface area (Å²) in [6.45, 7) is 1.57. The van der Waals surface area contributed by atoms with Crippen molar-refractivity contribution in [1.82, 2.24) is 0 Å². The van der Waals surface area contributed by atoms with Crippen LogP contribution in [0.4, 0.5) is 8.78 Å². The van der Waals surface area contributed by atoms with Crippen LogP contribution in [0.5, 0.6) is 11.5 Å². The predicted molar refractivity (Wildman–Crippen MR) is 71.2 cm³/mol. The van der Waals surface area contributed by atoms with E-state index in [1.165, 1.54) is 6.07 Å². The maximum Gasteiger partial charge on any atom is 0.201 e. The van der Waals surface area contributed by atoms with E-state index in [2.05, 4.69) is 15.9 Å². The first-order chi connectivity index (χ1) is 8.99. The van der Waals surface area contributed by atoms with Gasteiger partial charge in [0.2, 0.25) is 5.82 Å². The second-order valence-corrected chi connectivity index (χ2v) is 4.93. The molecule has 0 aliphatic rings. The fourth-order valence-corrected chi connectivity index (χ4v) is 2.05. The van der Waals surface area contributed by atoms with Crippen LogP contribution < -0.4 is 4.74 Å². The van der Waals surface area contributed by atoms with Gasteiger partial charge in [-0.05, 0) is 25.1 Å². The van der Waals surface area contributed by atoms with Crippen LogP contribution in [-0.4, -0.2) is 5.11 Å². The Morgan fingerprint density at radius 1 is 1.16 bits per heavy atom. The summed E-state index contributed by atoms with van der Waals surface area (Å²) in [5.41, 5.74) is 0.502. The molecule has 0 aliphatic heterocycles. The minimum absolute atomic E-state index is 0.236. The molecule has 0 bridgehead atoms. The van der Waals surface area contributed by atoms with Gasteiger partial charge >= 0.3 is 0 Å². The van der Waals surface area contributed by atoms with Crippen molar-refractivity contribution >= 4 is 15.9 Å². The molecule has 5 heteroatoms. The second-order valence-electron chi connectivity index (χ2n) is 4.02. The molecule has 0 aromatic heterocycles. The van der Waals surface area contributed by atoms with Crippen LogP contribution >= 0.6 is 15.9 Å². The molecule has 0 fully saturated rings. The molecule has 0 spiro atoms. The van der Waals surface area contributed by atoms with Crippen LogP contribution in [0.2, 0.25) is 0 Å². The van der Waals surface area contributed by atoms with Crippen molar-refractivity contribution in [3.63, 3.8) is 0 Å². The molecule has 2 aromatic rings. The molecular formula is C14H11BrF2O2. The summed E-state index contributed by atoms with van der Waals surface area (Å²) in [4.78, 5) is 0. The highest BCUT2D eigenvalue weighted by atomic mass is 79.9. The Morgan fingerprint density at radius 2 is 1.84 bits per heavy atom. The monoisotopic (exact) mass is 328 g/mol. The Balaban J connectivity index is 2.42. The maximum absolute atomic E-state index is 13.6. The van der Waals surface area contributed by atoms with Gasteiger partial charge in [-0.3, -0.25) is 0 Å². The molecular weight excluding hydrogens is 318 g/mol. The topological polar surface area (TPSA) is 29.5 Å². The fraction of sp³-hybridized carbons (Fsp3) is 0.143. The fourth-order valence-electron chi connectivity index (χ4n) is 1.64. The largest absolute Gasteiger partial charge is 0.454 e. The van der Waals surface area contributed by atoms with E-state index in [1.807, 2.05) is 0 Å². The van der Waals surface area contributed by atoms with Gasteiger partial charge in [-0.15, -0.1) is 0 Å². The van der Waals surface area contributed by atoms with Crippen molar-refractivity contribution in [2.75, 3.05) is 0 Å². The zero-order chi connectivity index (χ0) is 14.0. The molecule has 19 heavy (non-hydrogen) atoms. The third-order valence-electron chi connectivity index (χ3n) is 2.55. The first kappa shape index (κ1) is 14.0. The summed E-state index contributed by atoms with van der Waals surface area (Å²) in [5.74, 6) is -2.02. The van der Waals surface area contributed by atoms with Crippen LogP contribution in [0.3, 0.4) is 0 Å². The molecule has 0 aliphatic carbocycles. The van der Waals surface area contributed by atoms with Gasteiger partial charge < -0.3 is 9.84 Å². The zero-order valence-corrected chi connectivity index (χ0v) is 11.6. The van der Waals surface area contributed by atoms with Crippen LogP contribution in [-0.2, 0) is 0 Å². The number of halogens is 3. The van der Waals surface area contributed by atoms with Crippen LogP contribution in [0.25, 0.3) is 0 Å². The number of benzene rings is 2. The third-order valence-corrected chi connectivity index (χ3v) is 3.01. The number of rotatable bonds is 3. The van der Waals surface area contributed by atoms with Crippen molar-refractivity contribution in [1.29, 1.82) is 0 Å². The lowest BCUT2D eigenvalue weighted by Crippen LogP contribution is -1.98. The minimum Gasteiger partial charge on any atom is -0.454 e. The van der Waals surface area contributed by atoms with Crippen molar-refractivity contribution in [3.8, 4) is 11.5 Å². The van der Waals surface area contributed by atoms with E-state index in [4.69, 9.17) is 4.74 Å². The summed E-state index contributed by atoms with van der Waals surface area (Å²) >= 11 is 3.07. The number of aliphatic hydroxyl groups excluding tert-OH is 1. The summed E-state index contributed by atoms with van der Waals surface area (Å²) in [5, 5.41) is 9.60. The number of aliphatic hydroxyl groups is 1. The van der Waals surface area contributed by atoms with Gasteiger partial charge in [-0.25, -0.2) is 4.39 Å². The standard InChI is InChI=1S/C14H11BrF2O2/c1-8(18)10-4-2-3-5-12(10)19-13-7-9(15)6-11(16)14(13)17/h2-8,18H,1H3. The molecule has 2 nitrogen and oxygen atoms in total. The molecule has 100 valence electrons. The van der Waals surface area contributed by atoms with E-state index in [9.17, 15) is 13.9 Å². The highest BCUT2D eigenvalue weighted by Gasteiger charge is 2.15. The maximum atomic E-state index is 13.6. The van der Waals surface area contributed by atoms with Crippen molar-refractivity contribution < 1.29 is 18.6 Å². The minimum atomic E-state index is -1.07. The molecule has 0 amide bonds. The quantitative estimate of drug-likeness (QED) is 0.836. The number of hydrogen-bond acceptors (Lipinski definition) is 2. The zero-order valence-electron chi connectivity index (χ0n) is 10.0. The lowest BCUT2D eigenvalue weighted by Gasteiger charge is -2.13. The molecule has 0 radical (unpaired) electrons. The molecule has 2 rings (SSSR count). The highest BCUT2D eigenvalue weighted by Crippen LogP contribution is 2.33. The van der Waals surface area contributed by atoms with E-state index >= 15 is 0 Å². The summed E-state index contributed by atoms with van der Waals surface area (Å²) in [7, 11) is 0. The summed E-state index contributed by atoms with van der Waals surface area (Å²) in [6, 6.07) is 9.01. The Kier molecular flexibility index (Phi) is 4.17. The van der Waals surface area contributed by atoms with Gasteiger partial charge in [0.05, 0.1) is 6.10 Å². The van der Waals surface area contributed by atoms with Crippen molar-refractivity contribution in [2.24, 2.45) is 0 Å².